The minimum Gasteiger partial charge on any atom is -0.398 e. The summed E-state index contributed by atoms with van der Waals surface area (Å²) in [5.41, 5.74) is 6.75. The number of hydrogen-bond donors (Lipinski definition) is 2. The summed E-state index contributed by atoms with van der Waals surface area (Å²) >= 11 is 3.01. The van der Waals surface area contributed by atoms with Crippen LogP contribution >= 0.6 is 15.9 Å². The third-order valence-corrected chi connectivity index (χ3v) is 2.86. The smallest absolute Gasteiger partial charge is 0.150 e. The van der Waals surface area contributed by atoms with Gasteiger partial charge in [-0.2, -0.15) is 0 Å². The number of aromatic nitrogens is 1. The van der Waals surface area contributed by atoms with Gasteiger partial charge < -0.3 is 11.1 Å². The van der Waals surface area contributed by atoms with Crippen molar-refractivity contribution in [3.63, 3.8) is 0 Å². The number of benzene rings is 1. The monoisotopic (exact) mass is 313 g/mol. The molecule has 0 aliphatic rings. The molecule has 1 heterocycles. The predicted molar refractivity (Wildman–Crippen MR) is 70.7 cm³/mol. The summed E-state index contributed by atoms with van der Waals surface area (Å²) in [7, 11) is 0. The molecule has 2 aromatic rings. The van der Waals surface area contributed by atoms with E-state index in [2.05, 4.69) is 26.2 Å². The fraction of sp³-hybridized carbons (Fsp3) is 0.0833. The van der Waals surface area contributed by atoms with Crippen molar-refractivity contribution in [3.05, 3.63) is 46.1 Å². The van der Waals surface area contributed by atoms with Crippen LogP contribution in [0.25, 0.3) is 0 Å². The molecule has 3 N–H and O–H groups in total. The molecule has 0 saturated carbocycles. The van der Waals surface area contributed by atoms with Crippen molar-refractivity contribution in [2.24, 2.45) is 0 Å². The van der Waals surface area contributed by atoms with E-state index in [1.165, 1.54) is 24.4 Å². The summed E-state index contributed by atoms with van der Waals surface area (Å²) in [5.74, 6) is -1.12. The van der Waals surface area contributed by atoms with E-state index in [9.17, 15) is 8.78 Å². The highest BCUT2D eigenvalue weighted by Gasteiger charge is 2.11. The third-order valence-electron chi connectivity index (χ3n) is 2.40. The highest BCUT2D eigenvalue weighted by Crippen LogP contribution is 2.27. The molecule has 1 aromatic carbocycles. The molecule has 0 saturated heterocycles. The van der Waals surface area contributed by atoms with Crippen LogP contribution in [0.1, 0.15) is 5.56 Å². The van der Waals surface area contributed by atoms with Gasteiger partial charge in [0, 0.05) is 22.4 Å². The van der Waals surface area contributed by atoms with Gasteiger partial charge in [-0.05, 0) is 24.6 Å². The molecule has 94 valence electrons. The molecule has 0 aliphatic heterocycles. The number of nitrogens with two attached hydrogens (primary N) is 1. The van der Waals surface area contributed by atoms with Crippen LogP contribution in [0, 0.1) is 18.6 Å². The van der Waals surface area contributed by atoms with E-state index < -0.39 is 11.6 Å². The first-order valence-corrected chi connectivity index (χ1v) is 5.90. The van der Waals surface area contributed by atoms with Crippen LogP contribution < -0.4 is 11.1 Å². The van der Waals surface area contributed by atoms with Gasteiger partial charge >= 0.3 is 0 Å². The molecule has 0 amide bonds. The van der Waals surface area contributed by atoms with Crippen LogP contribution in [-0.2, 0) is 0 Å². The average molecular weight is 314 g/mol. The van der Waals surface area contributed by atoms with Crippen molar-refractivity contribution in [2.45, 2.75) is 6.92 Å². The van der Waals surface area contributed by atoms with Crippen molar-refractivity contribution >= 4 is 33.1 Å². The van der Waals surface area contributed by atoms with Crippen LogP contribution in [0.4, 0.5) is 26.0 Å². The number of pyridine rings is 1. The minimum atomic E-state index is -0.706. The Kier molecular flexibility index (Phi) is 3.47. The average Bonchev–Trinajstić information content (AvgIpc) is 2.28. The Morgan fingerprint density at radius 2 is 1.83 bits per heavy atom. The molecule has 1 aromatic heterocycles. The lowest BCUT2D eigenvalue weighted by molar-refractivity contribution is 0.589. The van der Waals surface area contributed by atoms with Crippen LogP contribution in [0.15, 0.2) is 28.9 Å². The van der Waals surface area contributed by atoms with Crippen molar-refractivity contribution < 1.29 is 8.78 Å². The fourth-order valence-electron chi connectivity index (χ4n) is 1.40. The molecule has 0 bridgehead atoms. The molecule has 0 atom stereocenters. The van der Waals surface area contributed by atoms with E-state index in [1.54, 1.807) is 6.92 Å². The van der Waals surface area contributed by atoms with Gasteiger partial charge in [0.25, 0.3) is 0 Å². The van der Waals surface area contributed by atoms with E-state index in [4.69, 9.17) is 5.73 Å². The van der Waals surface area contributed by atoms with Crippen molar-refractivity contribution in [1.82, 2.24) is 4.98 Å². The highest BCUT2D eigenvalue weighted by atomic mass is 79.9. The first-order valence-electron chi connectivity index (χ1n) is 5.11. The Hall–Kier alpha value is -1.69. The maximum Gasteiger partial charge on any atom is 0.150 e. The molecule has 2 rings (SSSR count). The molecule has 0 aliphatic carbocycles. The second kappa shape index (κ2) is 4.89. The molecule has 3 nitrogen and oxygen atoms in total. The molecular formula is C12H10BrF2N3. The Morgan fingerprint density at radius 3 is 2.39 bits per heavy atom. The lowest BCUT2D eigenvalue weighted by atomic mass is 10.2. The van der Waals surface area contributed by atoms with E-state index >= 15 is 0 Å². The lowest BCUT2D eigenvalue weighted by Crippen LogP contribution is -2.01. The quantitative estimate of drug-likeness (QED) is 0.887. The summed E-state index contributed by atoms with van der Waals surface area (Å²) in [6, 6.07) is 3.86. The van der Waals surface area contributed by atoms with Gasteiger partial charge in [-0.1, -0.05) is 15.9 Å². The zero-order valence-electron chi connectivity index (χ0n) is 9.47. The molecule has 0 spiro atoms. The summed E-state index contributed by atoms with van der Waals surface area (Å²) in [4.78, 5) is 4.00. The van der Waals surface area contributed by atoms with E-state index in [-0.39, 0.29) is 5.69 Å². The number of aryl methyl sites for hydroxylation is 1. The van der Waals surface area contributed by atoms with Gasteiger partial charge in [0.05, 0.1) is 0 Å². The van der Waals surface area contributed by atoms with Gasteiger partial charge in [-0.15, -0.1) is 0 Å². The zero-order valence-corrected chi connectivity index (χ0v) is 11.1. The fourth-order valence-corrected chi connectivity index (χ4v) is 1.80. The number of rotatable bonds is 2. The second-order valence-corrected chi connectivity index (χ2v) is 4.71. The van der Waals surface area contributed by atoms with E-state index in [0.717, 1.165) is 5.56 Å². The van der Waals surface area contributed by atoms with Crippen LogP contribution in [0.5, 0.6) is 0 Å². The molecule has 0 unspecified atom stereocenters. The SMILES string of the molecule is Cc1cnc(Nc2c(F)cc(Br)cc2F)cc1N. The minimum absolute atomic E-state index is 0.256. The Labute approximate surface area is 111 Å². The molecular weight excluding hydrogens is 304 g/mol. The maximum absolute atomic E-state index is 13.6. The van der Waals surface area contributed by atoms with Gasteiger partial charge in [0.1, 0.15) is 11.5 Å². The van der Waals surface area contributed by atoms with Gasteiger partial charge in [-0.3, -0.25) is 0 Å². The van der Waals surface area contributed by atoms with Crippen molar-refractivity contribution in [3.8, 4) is 0 Å². The lowest BCUT2D eigenvalue weighted by Gasteiger charge is -2.09. The van der Waals surface area contributed by atoms with Crippen molar-refractivity contribution in [2.75, 3.05) is 11.1 Å². The van der Waals surface area contributed by atoms with E-state index in [0.29, 0.717) is 16.0 Å². The van der Waals surface area contributed by atoms with Crippen LogP contribution in [-0.4, -0.2) is 4.98 Å². The zero-order chi connectivity index (χ0) is 13.3. The first-order chi connectivity index (χ1) is 8.47. The van der Waals surface area contributed by atoms with Crippen molar-refractivity contribution in [1.29, 1.82) is 0 Å². The molecule has 6 heteroatoms. The number of anilines is 3. The van der Waals surface area contributed by atoms with Crippen LogP contribution in [0.2, 0.25) is 0 Å². The Bertz CT molecular complexity index is 579. The van der Waals surface area contributed by atoms with Gasteiger partial charge in [0.2, 0.25) is 0 Å². The van der Waals surface area contributed by atoms with Crippen LogP contribution in [0.3, 0.4) is 0 Å². The van der Waals surface area contributed by atoms with Gasteiger partial charge in [0.15, 0.2) is 11.6 Å². The summed E-state index contributed by atoms with van der Waals surface area (Å²) in [6.07, 6.45) is 1.53. The number of nitrogen functional groups attached to an aromatic ring is 1. The topological polar surface area (TPSA) is 50.9 Å². The Balaban J connectivity index is 2.37. The highest BCUT2D eigenvalue weighted by molar-refractivity contribution is 9.10. The molecule has 18 heavy (non-hydrogen) atoms. The maximum atomic E-state index is 13.6. The Morgan fingerprint density at radius 1 is 1.22 bits per heavy atom. The van der Waals surface area contributed by atoms with Gasteiger partial charge in [-0.25, -0.2) is 13.8 Å². The molecule has 0 radical (unpaired) electrons. The third kappa shape index (κ3) is 2.59. The summed E-state index contributed by atoms with van der Waals surface area (Å²) in [5, 5.41) is 2.57. The van der Waals surface area contributed by atoms with E-state index in [1.807, 2.05) is 0 Å². The predicted octanol–water partition coefficient (Wildman–Crippen LogP) is 3.76. The number of nitrogens with zero attached hydrogens (tertiary/aromatic N) is 1. The molecule has 0 fully saturated rings. The number of hydrogen-bond acceptors (Lipinski definition) is 3. The summed E-state index contributed by atoms with van der Waals surface area (Å²) in [6.45, 7) is 1.80. The first kappa shape index (κ1) is 12.8. The normalized spacial score (nSPS) is 10.4. The summed E-state index contributed by atoms with van der Waals surface area (Å²) < 4.78 is 27.5. The largest absolute Gasteiger partial charge is 0.398 e. The number of halogens is 3. The second-order valence-electron chi connectivity index (χ2n) is 3.80. The standard InChI is InChI=1S/C12H10BrF2N3/c1-6-5-17-11(4-10(6)16)18-12-8(14)2-7(13)3-9(12)15/h2-5H,1H3,(H3,16,17,18). The number of nitrogens with one attached hydrogen (secondary N) is 1.